The number of hydrogen-bond donors (Lipinski definition) is 1. The van der Waals surface area contributed by atoms with Gasteiger partial charge in [0.1, 0.15) is 0 Å². The largest absolute Gasteiger partial charge is 0.326 e. The van der Waals surface area contributed by atoms with Gasteiger partial charge in [0.25, 0.3) is 0 Å². The van der Waals surface area contributed by atoms with Crippen molar-refractivity contribution in [3.8, 4) is 0 Å². The number of rotatable bonds is 8. The lowest BCUT2D eigenvalue weighted by atomic mass is 9.96. The first kappa shape index (κ1) is 24.5. The number of nitrogens with one attached hydrogen (secondary N) is 1. The van der Waals surface area contributed by atoms with Gasteiger partial charge in [-0.25, -0.2) is 8.42 Å². The van der Waals surface area contributed by atoms with Crippen molar-refractivity contribution in [3.05, 3.63) is 59.7 Å². The quantitative estimate of drug-likeness (QED) is 0.564. The molecule has 174 valence electrons. The van der Waals surface area contributed by atoms with Gasteiger partial charge in [0.15, 0.2) is 0 Å². The molecule has 1 aliphatic rings. The summed E-state index contributed by atoms with van der Waals surface area (Å²) in [5.74, 6) is 0.177. The third-order valence-corrected chi connectivity index (χ3v) is 8.33. The summed E-state index contributed by atoms with van der Waals surface area (Å²) in [5, 5.41) is 2.91. The van der Waals surface area contributed by atoms with E-state index in [4.69, 9.17) is 0 Å². The van der Waals surface area contributed by atoms with Crippen LogP contribution in [0.3, 0.4) is 0 Å². The Hall–Kier alpha value is -2.18. The second kappa shape index (κ2) is 10.6. The molecule has 3 rings (SSSR count). The first-order chi connectivity index (χ1) is 15.2. The fourth-order valence-corrected chi connectivity index (χ4v) is 5.75. The standard InChI is InChI=1S/C26H36N2O3S/c1-19(2)18-21-10-12-22(13-11-21)20(3)26(29)27-23-14-16-25(17-15-23)32(30,31)28(4)24-8-6-5-7-9-24/h10-17,19-20,24H,5-9,18H2,1-4H3,(H,27,29). The number of amides is 1. The van der Waals surface area contributed by atoms with E-state index in [1.807, 2.05) is 19.1 Å². The second-order valence-electron chi connectivity index (χ2n) is 9.39. The van der Waals surface area contributed by atoms with Crippen LogP contribution in [-0.2, 0) is 21.2 Å². The zero-order valence-corrected chi connectivity index (χ0v) is 20.5. The molecule has 0 spiro atoms. The molecule has 6 heteroatoms. The molecule has 0 aromatic heterocycles. The summed E-state index contributed by atoms with van der Waals surface area (Å²) in [6, 6.07) is 14.8. The molecule has 2 aromatic carbocycles. The fourth-order valence-electron chi connectivity index (χ4n) is 4.33. The van der Waals surface area contributed by atoms with Crippen LogP contribution in [0.1, 0.15) is 69.9 Å². The normalized spacial score (nSPS) is 16.3. The maximum atomic E-state index is 13.0. The van der Waals surface area contributed by atoms with E-state index in [0.717, 1.165) is 37.7 Å². The monoisotopic (exact) mass is 456 g/mol. The van der Waals surface area contributed by atoms with Crippen LogP contribution in [0.4, 0.5) is 5.69 Å². The van der Waals surface area contributed by atoms with Gasteiger partial charge in [0.05, 0.1) is 10.8 Å². The van der Waals surface area contributed by atoms with Gasteiger partial charge in [0, 0.05) is 18.8 Å². The Bertz CT molecular complexity index is 992. The van der Waals surface area contributed by atoms with Gasteiger partial charge < -0.3 is 5.32 Å². The lowest BCUT2D eigenvalue weighted by Gasteiger charge is -2.30. The molecule has 1 fully saturated rings. The molecule has 1 atom stereocenters. The molecule has 1 unspecified atom stereocenters. The lowest BCUT2D eigenvalue weighted by molar-refractivity contribution is -0.117. The molecule has 0 radical (unpaired) electrons. The molecule has 1 amide bonds. The number of carbonyl (C=O) groups excluding carboxylic acids is 1. The first-order valence-corrected chi connectivity index (χ1v) is 13.1. The highest BCUT2D eigenvalue weighted by Gasteiger charge is 2.29. The Kier molecular flexibility index (Phi) is 8.12. The van der Waals surface area contributed by atoms with Crippen molar-refractivity contribution >= 4 is 21.6 Å². The summed E-state index contributed by atoms with van der Waals surface area (Å²) < 4.78 is 27.5. The molecular formula is C26H36N2O3S. The highest BCUT2D eigenvalue weighted by atomic mass is 32.2. The molecular weight excluding hydrogens is 420 g/mol. The summed E-state index contributed by atoms with van der Waals surface area (Å²) in [7, 11) is -1.86. The van der Waals surface area contributed by atoms with E-state index < -0.39 is 10.0 Å². The third kappa shape index (κ3) is 5.99. The van der Waals surface area contributed by atoms with Gasteiger partial charge in [-0.15, -0.1) is 0 Å². The zero-order valence-electron chi connectivity index (χ0n) is 19.7. The van der Waals surface area contributed by atoms with E-state index in [2.05, 4.69) is 31.3 Å². The maximum absolute atomic E-state index is 13.0. The third-order valence-electron chi connectivity index (χ3n) is 6.40. The summed E-state index contributed by atoms with van der Waals surface area (Å²) in [5.41, 5.74) is 2.83. The molecule has 1 saturated carbocycles. The maximum Gasteiger partial charge on any atom is 0.243 e. The minimum absolute atomic E-state index is 0.0703. The number of benzene rings is 2. The Labute approximate surface area is 193 Å². The first-order valence-electron chi connectivity index (χ1n) is 11.7. The van der Waals surface area contributed by atoms with Crippen molar-refractivity contribution in [3.63, 3.8) is 0 Å². The Morgan fingerprint density at radius 1 is 0.969 bits per heavy atom. The zero-order chi connectivity index (χ0) is 23.3. The number of carbonyl (C=O) groups is 1. The van der Waals surface area contributed by atoms with Crippen molar-refractivity contribution in [2.45, 2.75) is 76.2 Å². The molecule has 1 N–H and O–H groups in total. The minimum atomic E-state index is -3.54. The second-order valence-corrected chi connectivity index (χ2v) is 11.4. The number of anilines is 1. The minimum Gasteiger partial charge on any atom is -0.326 e. The van der Waals surface area contributed by atoms with Crippen LogP contribution in [0.2, 0.25) is 0 Å². The lowest BCUT2D eigenvalue weighted by Crippen LogP contribution is -2.38. The molecule has 32 heavy (non-hydrogen) atoms. The van der Waals surface area contributed by atoms with Crippen LogP contribution in [0.15, 0.2) is 53.4 Å². The van der Waals surface area contributed by atoms with Crippen LogP contribution in [-0.4, -0.2) is 31.7 Å². The molecule has 5 nitrogen and oxygen atoms in total. The van der Waals surface area contributed by atoms with Crippen molar-refractivity contribution in [2.75, 3.05) is 12.4 Å². The van der Waals surface area contributed by atoms with Crippen molar-refractivity contribution in [1.29, 1.82) is 0 Å². The Balaban J connectivity index is 1.63. The molecule has 0 bridgehead atoms. The number of hydrogen-bond acceptors (Lipinski definition) is 3. The average molecular weight is 457 g/mol. The van der Waals surface area contributed by atoms with Gasteiger partial charge >= 0.3 is 0 Å². The molecule has 0 saturated heterocycles. The SMILES string of the molecule is CC(C)Cc1ccc(C(C)C(=O)Nc2ccc(S(=O)(=O)N(C)C3CCCCC3)cc2)cc1. The average Bonchev–Trinajstić information content (AvgIpc) is 2.79. The smallest absolute Gasteiger partial charge is 0.243 e. The van der Waals surface area contributed by atoms with E-state index in [-0.39, 0.29) is 22.8 Å². The number of nitrogens with zero attached hydrogens (tertiary/aromatic N) is 1. The summed E-state index contributed by atoms with van der Waals surface area (Å²) in [6.45, 7) is 6.26. The van der Waals surface area contributed by atoms with E-state index >= 15 is 0 Å². The van der Waals surface area contributed by atoms with E-state index in [1.54, 1.807) is 31.3 Å². The topological polar surface area (TPSA) is 66.5 Å². The molecule has 1 aliphatic carbocycles. The van der Waals surface area contributed by atoms with Gasteiger partial charge in [0.2, 0.25) is 15.9 Å². The van der Waals surface area contributed by atoms with Crippen molar-refractivity contribution in [2.24, 2.45) is 5.92 Å². The predicted octanol–water partition coefficient (Wildman–Crippen LogP) is 5.58. The van der Waals surface area contributed by atoms with E-state index in [1.165, 1.54) is 16.3 Å². The van der Waals surface area contributed by atoms with Crippen LogP contribution >= 0.6 is 0 Å². The van der Waals surface area contributed by atoms with Crippen LogP contribution in [0.25, 0.3) is 0 Å². The van der Waals surface area contributed by atoms with Crippen LogP contribution in [0, 0.1) is 5.92 Å². The fraction of sp³-hybridized carbons (Fsp3) is 0.500. The Morgan fingerprint density at radius 3 is 2.12 bits per heavy atom. The van der Waals surface area contributed by atoms with Crippen molar-refractivity contribution < 1.29 is 13.2 Å². The van der Waals surface area contributed by atoms with Gasteiger partial charge in [-0.05, 0) is 67.5 Å². The van der Waals surface area contributed by atoms with Crippen molar-refractivity contribution in [1.82, 2.24) is 4.31 Å². The van der Waals surface area contributed by atoms with Gasteiger partial charge in [-0.2, -0.15) is 4.31 Å². The van der Waals surface area contributed by atoms with Gasteiger partial charge in [-0.3, -0.25) is 4.79 Å². The predicted molar refractivity (Wildman–Crippen MR) is 130 cm³/mol. The highest BCUT2D eigenvalue weighted by Crippen LogP contribution is 2.27. The summed E-state index contributed by atoms with van der Waals surface area (Å²) >= 11 is 0. The Morgan fingerprint density at radius 2 is 1.56 bits per heavy atom. The van der Waals surface area contributed by atoms with E-state index in [9.17, 15) is 13.2 Å². The van der Waals surface area contributed by atoms with E-state index in [0.29, 0.717) is 11.6 Å². The van der Waals surface area contributed by atoms with Gasteiger partial charge in [-0.1, -0.05) is 57.4 Å². The molecule has 0 heterocycles. The summed E-state index contributed by atoms with van der Waals surface area (Å²) in [6.07, 6.45) is 6.19. The molecule has 2 aromatic rings. The highest BCUT2D eigenvalue weighted by molar-refractivity contribution is 7.89. The molecule has 0 aliphatic heterocycles. The van der Waals surface area contributed by atoms with Crippen LogP contribution < -0.4 is 5.32 Å². The summed E-state index contributed by atoms with van der Waals surface area (Å²) in [4.78, 5) is 13.0. The van der Waals surface area contributed by atoms with Crippen LogP contribution in [0.5, 0.6) is 0 Å². The number of sulfonamides is 1.